The predicted molar refractivity (Wildman–Crippen MR) is 99.3 cm³/mol. The number of piperidine rings is 1. The highest BCUT2D eigenvalue weighted by atomic mass is 16.5. The van der Waals surface area contributed by atoms with Gasteiger partial charge in [-0.05, 0) is 44.2 Å². The Morgan fingerprint density at radius 3 is 2.77 bits per heavy atom. The van der Waals surface area contributed by atoms with Crippen LogP contribution in [0.15, 0.2) is 24.3 Å². The van der Waals surface area contributed by atoms with Gasteiger partial charge in [0.1, 0.15) is 5.75 Å². The first-order chi connectivity index (χ1) is 12.6. The number of hydrogen-bond acceptors (Lipinski definition) is 4. The standard InChI is InChI=1S/C20H27N3O3/c1-22(17-10-14-7-8-15(11-17)21-14)20(25)13-26-18-5-2-4-16(12-18)23-9-3-6-19(23)24/h2,4-5,12,14-15,17,21H,3,6-11,13H2,1H3. The molecule has 140 valence electrons. The summed E-state index contributed by atoms with van der Waals surface area (Å²) in [5.74, 6) is 0.798. The number of rotatable bonds is 5. The van der Waals surface area contributed by atoms with Gasteiger partial charge in [0.05, 0.1) is 0 Å². The van der Waals surface area contributed by atoms with E-state index in [1.807, 2.05) is 36.2 Å². The van der Waals surface area contributed by atoms with Crippen LogP contribution in [0, 0.1) is 0 Å². The minimum absolute atomic E-state index is 0.0129. The molecule has 2 unspecified atom stereocenters. The molecule has 0 spiro atoms. The summed E-state index contributed by atoms with van der Waals surface area (Å²) in [5, 5.41) is 3.61. The summed E-state index contributed by atoms with van der Waals surface area (Å²) < 4.78 is 5.74. The van der Waals surface area contributed by atoms with Crippen LogP contribution in [0.1, 0.15) is 38.5 Å². The van der Waals surface area contributed by atoms with Gasteiger partial charge in [0.2, 0.25) is 5.91 Å². The molecule has 2 amide bonds. The van der Waals surface area contributed by atoms with Gasteiger partial charge in [-0.25, -0.2) is 0 Å². The predicted octanol–water partition coefficient (Wildman–Crippen LogP) is 1.93. The highest BCUT2D eigenvalue weighted by Crippen LogP contribution is 2.29. The van der Waals surface area contributed by atoms with Gasteiger partial charge in [0.25, 0.3) is 5.91 Å². The van der Waals surface area contributed by atoms with Crippen LogP contribution in [0.4, 0.5) is 5.69 Å². The quantitative estimate of drug-likeness (QED) is 0.875. The summed E-state index contributed by atoms with van der Waals surface area (Å²) in [7, 11) is 1.89. The van der Waals surface area contributed by atoms with E-state index in [4.69, 9.17) is 4.74 Å². The fourth-order valence-electron chi connectivity index (χ4n) is 4.46. The minimum atomic E-state index is 0.0129. The minimum Gasteiger partial charge on any atom is -0.484 e. The second-order valence-corrected chi connectivity index (χ2v) is 7.70. The van der Waals surface area contributed by atoms with E-state index in [0.717, 1.165) is 31.5 Å². The van der Waals surface area contributed by atoms with E-state index in [1.165, 1.54) is 12.8 Å². The molecular formula is C20H27N3O3. The number of hydrogen-bond donors (Lipinski definition) is 1. The molecule has 0 saturated carbocycles. The molecule has 3 aliphatic rings. The Morgan fingerprint density at radius 2 is 2.08 bits per heavy atom. The molecule has 0 radical (unpaired) electrons. The molecule has 1 aromatic carbocycles. The average Bonchev–Trinajstić information content (AvgIpc) is 3.23. The topological polar surface area (TPSA) is 61.9 Å². The van der Waals surface area contributed by atoms with Crippen LogP contribution in [-0.2, 0) is 9.59 Å². The third-order valence-corrected chi connectivity index (χ3v) is 5.95. The number of anilines is 1. The molecule has 26 heavy (non-hydrogen) atoms. The molecule has 3 heterocycles. The molecule has 6 nitrogen and oxygen atoms in total. The molecule has 3 aliphatic heterocycles. The van der Waals surface area contributed by atoms with Crippen molar-refractivity contribution in [3.63, 3.8) is 0 Å². The lowest BCUT2D eigenvalue weighted by atomic mass is 9.98. The molecule has 0 aliphatic carbocycles. The maximum absolute atomic E-state index is 12.6. The van der Waals surface area contributed by atoms with Gasteiger partial charge >= 0.3 is 0 Å². The fourth-order valence-corrected chi connectivity index (χ4v) is 4.46. The second-order valence-electron chi connectivity index (χ2n) is 7.70. The first-order valence-electron chi connectivity index (χ1n) is 9.65. The monoisotopic (exact) mass is 357 g/mol. The van der Waals surface area contributed by atoms with E-state index in [2.05, 4.69) is 5.32 Å². The van der Waals surface area contributed by atoms with E-state index >= 15 is 0 Å². The van der Waals surface area contributed by atoms with E-state index in [1.54, 1.807) is 4.90 Å². The van der Waals surface area contributed by atoms with Gasteiger partial charge in [-0.3, -0.25) is 9.59 Å². The van der Waals surface area contributed by atoms with E-state index < -0.39 is 0 Å². The molecule has 2 bridgehead atoms. The van der Waals surface area contributed by atoms with Crippen molar-refractivity contribution in [1.82, 2.24) is 10.2 Å². The van der Waals surface area contributed by atoms with Gasteiger partial charge in [-0.2, -0.15) is 0 Å². The zero-order valence-corrected chi connectivity index (χ0v) is 15.3. The first kappa shape index (κ1) is 17.3. The molecule has 3 saturated heterocycles. The number of likely N-dealkylation sites (N-methyl/N-ethyl adjacent to an activating group) is 1. The van der Waals surface area contributed by atoms with Gasteiger partial charge in [-0.1, -0.05) is 6.07 Å². The molecule has 2 atom stereocenters. The Labute approximate surface area is 154 Å². The van der Waals surface area contributed by atoms with Gasteiger partial charge in [0.15, 0.2) is 6.61 Å². The Hall–Kier alpha value is -2.08. The number of fused-ring (bicyclic) bond motifs is 2. The number of amides is 2. The molecule has 0 aromatic heterocycles. The number of carbonyl (C=O) groups excluding carboxylic acids is 2. The summed E-state index contributed by atoms with van der Waals surface area (Å²) >= 11 is 0. The third-order valence-electron chi connectivity index (χ3n) is 5.95. The summed E-state index contributed by atoms with van der Waals surface area (Å²) in [4.78, 5) is 28.1. The number of carbonyl (C=O) groups is 2. The van der Waals surface area contributed by atoms with Gasteiger partial charge in [-0.15, -0.1) is 0 Å². The van der Waals surface area contributed by atoms with Crippen LogP contribution in [0.3, 0.4) is 0 Å². The summed E-state index contributed by atoms with van der Waals surface area (Å²) in [6, 6.07) is 8.89. The van der Waals surface area contributed by atoms with Crippen molar-refractivity contribution in [2.75, 3.05) is 25.1 Å². The van der Waals surface area contributed by atoms with Crippen LogP contribution in [0.25, 0.3) is 0 Å². The van der Waals surface area contributed by atoms with Crippen molar-refractivity contribution in [1.29, 1.82) is 0 Å². The van der Waals surface area contributed by atoms with Crippen LogP contribution in [0.2, 0.25) is 0 Å². The van der Waals surface area contributed by atoms with Crippen molar-refractivity contribution in [2.24, 2.45) is 0 Å². The van der Waals surface area contributed by atoms with Crippen LogP contribution in [-0.4, -0.2) is 55.0 Å². The summed E-state index contributed by atoms with van der Waals surface area (Å²) in [6.07, 6.45) is 6.01. The largest absolute Gasteiger partial charge is 0.484 e. The Morgan fingerprint density at radius 1 is 1.31 bits per heavy atom. The number of nitrogens with one attached hydrogen (secondary N) is 1. The van der Waals surface area contributed by atoms with Crippen molar-refractivity contribution >= 4 is 17.5 Å². The molecule has 1 N–H and O–H groups in total. The van der Waals surface area contributed by atoms with E-state index in [0.29, 0.717) is 30.3 Å². The maximum atomic E-state index is 12.6. The van der Waals surface area contributed by atoms with Gasteiger partial charge < -0.3 is 19.9 Å². The summed E-state index contributed by atoms with van der Waals surface area (Å²) in [5.41, 5.74) is 0.848. The Bertz CT molecular complexity index is 681. The highest BCUT2D eigenvalue weighted by Gasteiger charge is 2.36. The Kier molecular flexibility index (Phi) is 4.85. The van der Waals surface area contributed by atoms with E-state index in [9.17, 15) is 9.59 Å². The van der Waals surface area contributed by atoms with Crippen LogP contribution in [0.5, 0.6) is 5.75 Å². The smallest absolute Gasteiger partial charge is 0.260 e. The lowest BCUT2D eigenvalue weighted by Crippen LogP contribution is -2.49. The highest BCUT2D eigenvalue weighted by molar-refractivity contribution is 5.95. The molecule has 4 rings (SSSR count). The van der Waals surface area contributed by atoms with Crippen molar-refractivity contribution in [2.45, 2.75) is 56.7 Å². The van der Waals surface area contributed by atoms with Crippen molar-refractivity contribution in [3.8, 4) is 5.75 Å². The first-order valence-corrected chi connectivity index (χ1v) is 9.65. The molecular weight excluding hydrogens is 330 g/mol. The van der Waals surface area contributed by atoms with Crippen LogP contribution >= 0.6 is 0 Å². The normalized spacial score (nSPS) is 27.7. The number of nitrogens with zero attached hydrogens (tertiary/aromatic N) is 2. The lowest BCUT2D eigenvalue weighted by molar-refractivity contribution is -0.134. The summed E-state index contributed by atoms with van der Waals surface area (Å²) in [6.45, 7) is 0.787. The Balaban J connectivity index is 1.33. The zero-order chi connectivity index (χ0) is 18.1. The lowest BCUT2D eigenvalue weighted by Gasteiger charge is -2.35. The van der Waals surface area contributed by atoms with Crippen molar-refractivity contribution < 1.29 is 14.3 Å². The molecule has 6 heteroatoms. The average molecular weight is 357 g/mol. The zero-order valence-electron chi connectivity index (χ0n) is 15.3. The maximum Gasteiger partial charge on any atom is 0.260 e. The molecule has 1 aromatic rings. The molecule has 3 fully saturated rings. The SMILES string of the molecule is CN(C(=O)COc1cccc(N2CCCC2=O)c1)C1CC2CCC(C1)N2. The number of benzene rings is 1. The second kappa shape index (κ2) is 7.27. The fraction of sp³-hybridized carbons (Fsp3) is 0.600. The van der Waals surface area contributed by atoms with Crippen molar-refractivity contribution in [3.05, 3.63) is 24.3 Å². The third kappa shape index (κ3) is 3.56. The van der Waals surface area contributed by atoms with Gasteiger partial charge in [0, 0.05) is 49.9 Å². The number of ether oxygens (including phenoxy) is 1. The van der Waals surface area contributed by atoms with E-state index in [-0.39, 0.29) is 18.4 Å². The van der Waals surface area contributed by atoms with Crippen LogP contribution < -0.4 is 15.0 Å².